The monoisotopic (exact) mass is 1440 g/mol. The first-order chi connectivity index (χ1) is 46.5. The zero-order chi connectivity index (χ0) is 76.7. The number of aliphatic hydroxyl groups is 2. The van der Waals surface area contributed by atoms with Crippen molar-refractivity contribution in [2.45, 2.75) is 314 Å². The summed E-state index contributed by atoms with van der Waals surface area (Å²) in [5.41, 5.74) is 4.27. The number of carbonyl (C=O) groups is 6. The SMILES string of the molecule is CC(C)NCC(=O)N1CCCC1.CC(C)NCC(N)=O.CC(C)NCCCC(=O)N1CCC(C)(O)CC1.CC(C)NCCCC(=O)NC1CC1.CC(C)N[C@@H](CO)C(=O)N1CCCC1.CCN(CC)C(C)C.CNC(=O)CCCNC(C)C.CNC(C)C.COOSCCCNC(C)C. The molecule has 1 saturated carbocycles. The minimum atomic E-state index is -0.573. The van der Waals surface area contributed by atoms with Crippen molar-refractivity contribution in [1.82, 2.24) is 72.8 Å². The van der Waals surface area contributed by atoms with Crippen molar-refractivity contribution in [3.63, 3.8) is 0 Å². The van der Waals surface area contributed by atoms with Gasteiger partial charge in [-0.05, 0) is 144 Å². The maximum absolute atomic E-state index is 11.9. The van der Waals surface area contributed by atoms with Crippen LogP contribution in [0.15, 0.2) is 0 Å². The van der Waals surface area contributed by atoms with E-state index < -0.39 is 11.6 Å². The summed E-state index contributed by atoms with van der Waals surface area (Å²) >= 11 is 1.34. The molecular formula is C73H159N15O10S. The smallest absolute Gasteiger partial charge is 0.242 e. The molecule has 0 aromatic heterocycles. The first-order valence-corrected chi connectivity index (χ1v) is 38.8. The third kappa shape index (κ3) is 77.1. The van der Waals surface area contributed by atoms with E-state index in [2.05, 4.69) is 178 Å². The minimum Gasteiger partial charge on any atom is -0.394 e. The Morgan fingerprint density at radius 1 is 0.545 bits per heavy atom. The van der Waals surface area contributed by atoms with Gasteiger partial charge in [0.2, 0.25) is 35.4 Å². The highest BCUT2D eigenvalue weighted by molar-refractivity contribution is 7.94. The topological polar surface area (TPSA) is 321 Å². The van der Waals surface area contributed by atoms with Gasteiger partial charge in [0.1, 0.15) is 6.04 Å². The molecule has 0 spiro atoms. The molecule has 3 heterocycles. The highest BCUT2D eigenvalue weighted by Gasteiger charge is 2.30. The van der Waals surface area contributed by atoms with Gasteiger partial charge in [0.25, 0.3) is 0 Å². The van der Waals surface area contributed by atoms with Crippen molar-refractivity contribution in [1.29, 1.82) is 0 Å². The molecule has 592 valence electrons. The van der Waals surface area contributed by atoms with Gasteiger partial charge in [0.15, 0.2) is 0 Å². The van der Waals surface area contributed by atoms with E-state index in [1.807, 2.05) is 56.4 Å². The summed E-state index contributed by atoms with van der Waals surface area (Å²) in [6.07, 6.45) is 14.0. The molecule has 0 unspecified atom stereocenters. The van der Waals surface area contributed by atoms with Crippen molar-refractivity contribution in [3.05, 3.63) is 0 Å². The van der Waals surface area contributed by atoms with Crippen LogP contribution in [-0.2, 0) is 38.0 Å². The van der Waals surface area contributed by atoms with Gasteiger partial charge in [0, 0.05) is 144 Å². The number of hydrogen-bond donors (Lipinski definition) is 13. The third-order valence-electron chi connectivity index (χ3n) is 15.2. The van der Waals surface area contributed by atoms with E-state index in [0.29, 0.717) is 106 Å². The lowest BCUT2D eigenvalue weighted by Gasteiger charge is -2.35. The number of rotatable bonds is 37. The van der Waals surface area contributed by atoms with Crippen molar-refractivity contribution in [2.24, 2.45) is 5.73 Å². The van der Waals surface area contributed by atoms with Crippen molar-refractivity contribution in [2.75, 3.05) is 125 Å². The van der Waals surface area contributed by atoms with Crippen LogP contribution in [-0.4, -0.2) is 263 Å². The summed E-state index contributed by atoms with van der Waals surface area (Å²) in [5.74, 6) is 1.52. The highest BCUT2D eigenvalue weighted by atomic mass is 32.2. The molecular weight excluding hydrogens is 1280 g/mol. The van der Waals surface area contributed by atoms with E-state index in [4.69, 9.17) is 10.8 Å². The first kappa shape index (κ1) is 104. The molecule has 14 N–H and O–H groups in total. The maximum Gasteiger partial charge on any atom is 0.242 e. The maximum atomic E-state index is 11.9. The summed E-state index contributed by atoms with van der Waals surface area (Å²) in [5, 5.41) is 49.7. The van der Waals surface area contributed by atoms with Gasteiger partial charge in [-0.3, -0.25) is 28.8 Å². The molecule has 1 aliphatic carbocycles. The predicted molar refractivity (Wildman–Crippen MR) is 416 cm³/mol. The second-order valence-corrected chi connectivity index (χ2v) is 29.3. The van der Waals surface area contributed by atoms with Crippen LogP contribution < -0.4 is 58.9 Å². The van der Waals surface area contributed by atoms with Gasteiger partial charge >= 0.3 is 0 Å². The Morgan fingerprint density at radius 2 is 0.939 bits per heavy atom. The van der Waals surface area contributed by atoms with E-state index >= 15 is 0 Å². The lowest BCUT2D eigenvalue weighted by Crippen LogP contribution is -2.49. The Hall–Kier alpha value is -3.35. The van der Waals surface area contributed by atoms with E-state index in [1.54, 1.807) is 7.05 Å². The molecule has 26 heteroatoms. The summed E-state index contributed by atoms with van der Waals surface area (Å²) < 4.78 is 4.63. The van der Waals surface area contributed by atoms with Gasteiger partial charge < -0.3 is 88.7 Å². The largest absolute Gasteiger partial charge is 0.394 e. The van der Waals surface area contributed by atoms with Gasteiger partial charge in [-0.2, -0.15) is 4.33 Å². The summed E-state index contributed by atoms with van der Waals surface area (Å²) in [6, 6.07) is 4.47. The lowest BCUT2D eigenvalue weighted by atomic mass is 9.93. The van der Waals surface area contributed by atoms with Gasteiger partial charge in [-0.1, -0.05) is 125 Å². The molecule has 3 saturated heterocycles. The number of hydrogen-bond acceptors (Lipinski definition) is 20. The first-order valence-electron chi connectivity index (χ1n) is 37.8. The third-order valence-corrected chi connectivity index (χ3v) is 15.9. The number of primary amides is 1. The number of nitrogens with two attached hydrogens (primary N) is 1. The van der Waals surface area contributed by atoms with Crippen LogP contribution in [0.2, 0.25) is 0 Å². The van der Waals surface area contributed by atoms with Crippen LogP contribution in [0.1, 0.15) is 242 Å². The van der Waals surface area contributed by atoms with E-state index in [9.17, 15) is 33.9 Å². The zero-order valence-electron chi connectivity index (χ0n) is 67.7. The number of amides is 6. The highest BCUT2D eigenvalue weighted by Crippen LogP contribution is 2.22. The number of carbonyl (C=O) groups excluding carboxylic acids is 6. The molecule has 3 aliphatic heterocycles. The minimum absolute atomic E-state index is 0.0405. The predicted octanol–water partition coefficient (Wildman–Crippen LogP) is 6.69. The second-order valence-electron chi connectivity index (χ2n) is 28.5. The van der Waals surface area contributed by atoms with Gasteiger partial charge in [-0.15, -0.1) is 0 Å². The summed E-state index contributed by atoms with van der Waals surface area (Å²) in [6.45, 7) is 55.6. The number of nitrogens with zero attached hydrogens (tertiary/aromatic N) is 4. The molecule has 4 rings (SSSR count). The van der Waals surface area contributed by atoms with Crippen LogP contribution >= 0.6 is 12.0 Å². The van der Waals surface area contributed by atoms with Gasteiger partial charge in [-0.25, -0.2) is 4.89 Å². The number of nitrogens with one attached hydrogen (secondary N) is 10. The molecule has 4 fully saturated rings. The molecule has 6 amide bonds. The van der Waals surface area contributed by atoms with E-state index in [-0.39, 0.29) is 54.6 Å². The second kappa shape index (κ2) is 69.0. The lowest BCUT2D eigenvalue weighted by molar-refractivity contribution is -0.160. The van der Waals surface area contributed by atoms with Crippen molar-refractivity contribution < 1.29 is 48.2 Å². The van der Waals surface area contributed by atoms with Crippen LogP contribution in [0.3, 0.4) is 0 Å². The Morgan fingerprint density at radius 3 is 1.27 bits per heavy atom. The Bertz CT molecular complexity index is 1880. The Kier molecular flexibility index (Phi) is 72.7. The normalized spacial score (nSPS) is 14.8. The number of piperidine rings is 1. The van der Waals surface area contributed by atoms with E-state index in [1.165, 1.54) is 57.9 Å². The molecule has 4 aliphatic rings. The Balaban J connectivity index is -0.000000340. The van der Waals surface area contributed by atoms with Gasteiger partial charge in [0.05, 0.1) is 32.4 Å². The van der Waals surface area contributed by atoms with Crippen molar-refractivity contribution >= 4 is 47.5 Å². The fraction of sp³-hybridized carbons (Fsp3) is 0.918. The summed E-state index contributed by atoms with van der Waals surface area (Å²) in [4.78, 5) is 79.6. The molecule has 25 nitrogen and oxygen atoms in total. The molecule has 99 heavy (non-hydrogen) atoms. The van der Waals surface area contributed by atoms with Crippen LogP contribution in [0.5, 0.6) is 0 Å². The van der Waals surface area contributed by atoms with Crippen molar-refractivity contribution in [3.8, 4) is 0 Å². The standard InChI is InChI=1S/C13H26N2O2.C10H20N2O2.C10H20N2O.C9H18N2O.C8H18N2O.C7H17NO2S.C7H17N.C5H12N2O.C4H11N/c1-11(2)14-8-4-5-12(16)15-9-6-13(3,17)7-10-15;1-8(2)11-9(7-13)10(14)12-5-3-4-6-12;1-8(2)11-7-3-4-10(13)12-9-5-6-9;1-8(2)10-7-9(12)11-5-3-4-6-11;1-7(2)10-6-4-5-8(11)9-3;1-7(2)8-5-4-6-11-10-9-3;1-5-8(6-2)7(3)4;1-4(2)7-3-5(6)8;1-4(2)5-3/h11,14,17H,4-10H2,1-3H3;8-9,11,13H,3-7H2,1-2H3;8-9,11H,3-7H2,1-2H3,(H,12,13);8,10H,3-7H2,1-2H3;7,10H,4-6H2,1-3H3,(H,9,11);7-8H,4-6H2,1-3H3;7H,5-6H2,1-4H3;4,7H,3H2,1-2H3,(H2,6,8);4-5H,1-3H3/t;9-;;;;;;;/m.0......./s1. The van der Waals surface area contributed by atoms with Crippen LogP contribution in [0.4, 0.5) is 0 Å². The zero-order valence-corrected chi connectivity index (χ0v) is 68.5. The van der Waals surface area contributed by atoms with Crippen LogP contribution in [0.25, 0.3) is 0 Å². The Labute approximate surface area is 610 Å². The number of likely N-dealkylation sites (tertiary alicyclic amines) is 3. The molecule has 0 radical (unpaired) electrons. The molecule has 0 bridgehead atoms. The molecule has 1 atom stereocenters. The summed E-state index contributed by atoms with van der Waals surface area (Å²) in [7, 11) is 5.13. The molecule has 0 aromatic rings. The average Bonchev–Trinajstić information content (AvgIpc) is 1.75. The average molecular weight is 1440 g/mol. The fourth-order valence-electron chi connectivity index (χ4n) is 8.95. The number of aliphatic hydroxyl groups excluding tert-OH is 1. The van der Waals surface area contributed by atoms with Crippen LogP contribution in [0, 0.1) is 0 Å². The molecule has 0 aromatic carbocycles. The fourth-order valence-corrected chi connectivity index (χ4v) is 9.38. The van der Waals surface area contributed by atoms with E-state index in [0.717, 1.165) is 96.6 Å². The quantitative estimate of drug-likeness (QED) is 0.0133.